The number of piperazine rings is 1. The first kappa shape index (κ1) is 18.6. The number of rotatable bonds is 4. The number of aromatic nitrogens is 2. The molecule has 0 atom stereocenters. The third-order valence-electron chi connectivity index (χ3n) is 4.24. The molecule has 1 amide bonds. The van der Waals surface area contributed by atoms with Gasteiger partial charge in [-0.25, -0.2) is 14.8 Å². The molecular weight excluding hydrogens is 366 g/mol. The van der Waals surface area contributed by atoms with Crippen LogP contribution >= 0.6 is 0 Å². The molecule has 0 aromatic carbocycles. The molecule has 1 aromatic rings. The molecule has 11 nitrogen and oxygen atoms in total. The van der Waals surface area contributed by atoms with Crippen molar-refractivity contribution in [2.45, 2.75) is 0 Å². The first-order valence-electron chi connectivity index (χ1n) is 8.07. The average molecular weight is 385 g/mol. The second-order valence-corrected chi connectivity index (χ2v) is 7.73. The Hall–Kier alpha value is -2.15. The minimum Gasteiger partial charge on any atom is -0.476 e. The van der Waals surface area contributed by atoms with Crippen molar-refractivity contribution in [3.05, 3.63) is 23.8 Å². The molecular formula is C14H19N5O6S. The maximum absolute atomic E-state index is 12.6. The molecule has 0 bridgehead atoms. The standard InChI is InChI=1S/C14H19N5O6S/c20-13(11-9-16-12(10-15-11)14(21)22)17-1-3-18(4-2-17)26(23,24)19-5-7-25-8-6-19/h9-10H,1-8H2,(H,21,22). The second-order valence-electron chi connectivity index (χ2n) is 5.80. The molecule has 0 saturated carbocycles. The molecule has 0 spiro atoms. The van der Waals surface area contributed by atoms with Gasteiger partial charge in [0.2, 0.25) is 0 Å². The van der Waals surface area contributed by atoms with Crippen LogP contribution in [0, 0.1) is 0 Å². The number of ether oxygens (including phenoxy) is 1. The van der Waals surface area contributed by atoms with Crippen LogP contribution in [0.2, 0.25) is 0 Å². The first-order chi connectivity index (χ1) is 12.4. The summed E-state index contributed by atoms with van der Waals surface area (Å²) in [7, 11) is -3.56. The van der Waals surface area contributed by atoms with E-state index in [1.165, 1.54) is 13.5 Å². The van der Waals surface area contributed by atoms with Gasteiger partial charge in [-0.3, -0.25) is 4.79 Å². The van der Waals surface area contributed by atoms with E-state index < -0.39 is 22.1 Å². The Morgan fingerprint density at radius 2 is 1.46 bits per heavy atom. The predicted molar refractivity (Wildman–Crippen MR) is 87.8 cm³/mol. The summed E-state index contributed by atoms with van der Waals surface area (Å²) in [5.74, 6) is -1.63. The topological polar surface area (TPSA) is 133 Å². The third-order valence-corrected chi connectivity index (χ3v) is 6.27. The van der Waals surface area contributed by atoms with Gasteiger partial charge in [-0.1, -0.05) is 0 Å². The number of morpholine rings is 1. The number of amides is 1. The second kappa shape index (κ2) is 7.61. The fraction of sp³-hybridized carbons (Fsp3) is 0.571. The van der Waals surface area contributed by atoms with Crippen molar-refractivity contribution >= 4 is 22.1 Å². The zero-order valence-corrected chi connectivity index (χ0v) is 14.8. The van der Waals surface area contributed by atoms with Gasteiger partial charge in [0.25, 0.3) is 16.1 Å². The monoisotopic (exact) mass is 385 g/mol. The highest BCUT2D eigenvalue weighted by Crippen LogP contribution is 2.15. The Morgan fingerprint density at radius 3 is 2.00 bits per heavy atom. The fourth-order valence-corrected chi connectivity index (χ4v) is 4.34. The van der Waals surface area contributed by atoms with Crippen LogP contribution < -0.4 is 0 Å². The van der Waals surface area contributed by atoms with Crippen molar-refractivity contribution < 1.29 is 27.9 Å². The molecule has 3 heterocycles. The molecule has 1 aromatic heterocycles. The van der Waals surface area contributed by atoms with Crippen molar-refractivity contribution in [1.29, 1.82) is 0 Å². The molecule has 1 N–H and O–H groups in total. The van der Waals surface area contributed by atoms with Gasteiger partial charge in [-0.05, 0) is 0 Å². The van der Waals surface area contributed by atoms with Crippen LogP contribution in [-0.4, -0.2) is 101 Å². The van der Waals surface area contributed by atoms with Gasteiger partial charge >= 0.3 is 5.97 Å². The number of carbonyl (C=O) groups is 2. The van der Waals surface area contributed by atoms with Gasteiger partial charge in [-0.15, -0.1) is 0 Å². The third kappa shape index (κ3) is 3.82. The smallest absolute Gasteiger partial charge is 0.356 e. The van der Waals surface area contributed by atoms with E-state index in [-0.39, 0.29) is 37.6 Å². The summed E-state index contributed by atoms with van der Waals surface area (Å²) in [4.78, 5) is 32.2. The molecule has 0 radical (unpaired) electrons. The summed E-state index contributed by atoms with van der Waals surface area (Å²) in [5, 5.41) is 8.80. The average Bonchev–Trinajstić information content (AvgIpc) is 2.68. The number of nitrogens with zero attached hydrogens (tertiary/aromatic N) is 5. The van der Waals surface area contributed by atoms with E-state index in [0.29, 0.717) is 26.3 Å². The van der Waals surface area contributed by atoms with Crippen molar-refractivity contribution in [2.24, 2.45) is 0 Å². The Bertz CT molecular complexity index is 770. The minimum absolute atomic E-state index is 0.0273. The predicted octanol–water partition coefficient (Wildman–Crippen LogP) is -1.49. The number of aromatic carboxylic acids is 1. The van der Waals surface area contributed by atoms with E-state index in [1.54, 1.807) is 0 Å². The number of carboxylic acids is 1. The highest BCUT2D eigenvalue weighted by molar-refractivity contribution is 7.86. The van der Waals surface area contributed by atoms with Crippen LogP contribution in [-0.2, 0) is 14.9 Å². The zero-order valence-electron chi connectivity index (χ0n) is 13.9. The quantitative estimate of drug-likeness (QED) is 0.663. The Morgan fingerprint density at radius 1 is 0.923 bits per heavy atom. The summed E-state index contributed by atoms with van der Waals surface area (Å²) < 4.78 is 33.1. The molecule has 2 aliphatic heterocycles. The van der Waals surface area contributed by atoms with Gasteiger partial charge in [0.1, 0.15) is 5.69 Å². The van der Waals surface area contributed by atoms with Crippen LogP contribution in [0.15, 0.2) is 12.4 Å². The number of carboxylic acid groups (broad SMARTS) is 1. The van der Waals surface area contributed by atoms with Gasteiger partial charge in [0.05, 0.1) is 25.6 Å². The number of hydrogen-bond donors (Lipinski definition) is 1. The number of hydrogen-bond acceptors (Lipinski definition) is 7. The van der Waals surface area contributed by atoms with Gasteiger partial charge in [0.15, 0.2) is 5.69 Å². The summed E-state index contributed by atoms with van der Waals surface area (Å²) in [5.41, 5.74) is -0.220. The van der Waals surface area contributed by atoms with Crippen molar-refractivity contribution in [3.63, 3.8) is 0 Å². The van der Waals surface area contributed by atoms with Crippen molar-refractivity contribution in [2.75, 3.05) is 52.5 Å². The Kier molecular flexibility index (Phi) is 5.46. The highest BCUT2D eigenvalue weighted by atomic mass is 32.2. The molecule has 2 fully saturated rings. The summed E-state index contributed by atoms with van der Waals surface area (Å²) in [6.07, 6.45) is 2.14. The molecule has 26 heavy (non-hydrogen) atoms. The van der Waals surface area contributed by atoms with E-state index in [9.17, 15) is 18.0 Å². The lowest BCUT2D eigenvalue weighted by Crippen LogP contribution is -2.55. The molecule has 3 rings (SSSR count). The van der Waals surface area contributed by atoms with Crippen LogP contribution in [0.5, 0.6) is 0 Å². The van der Waals surface area contributed by atoms with Crippen molar-refractivity contribution in [3.8, 4) is 0 Å². The minimum atomic E-state index is -3.56. The SMILES string of the molecule is O=C(O)c1cnc(C(=O)N2CCN(S(=O)(=O)N3CCOCC3)CC2)cn1. The van der Waals surface area contributed by atoms with Gasteiger partial charge in [-0.2, -0.15) is 17.0 Å². The first-order valence-corrected chi connectivity index (χ1v) is 9.47. The molecule has 0 aliphatic carbocycles. The number of carbonyl (C=O) groups excluding carboxylic acids is 1. The molecule has 142 valence electrons. The van der Waals surface area contributed by atoms with Crippen LogP contribution in [0.1, 0.15) is 21.0 Å². The summed E-state index contributed by atoms with van der Waals surface area (Å²) in [6.45, 7) is 2.24. The van der Waals surface area contributed by atoms with E-state index >= 15 is 0 Å². The van der Waals surface area contributed by atoms with Crippen LogP contribution in [0.4, 0.5) is 0 Å². The normalized spacial score (nSPS) is 20.1. The van der Waals surface area contributed by atoms with Gasteiger partial charge < -0.3 is 14.7 Å². The van der Waals surface area contributed by atoms with E-state index in [2.05, 4.69) is 9.97 Å². The lowest BCUT2D eigenvalue weighted by atomic mass is 10.3. The van der Waals surface area contributed by atoms with E-state index in [1.807, 2.05) is 0 Å². The fourth-order valence-electron chi connectivity index (χ4n) is 2.77. The highest BCUT2D eigenvalue weighted by Gasteiger charge is 2.34. The molecule has 12 heteroatoms. The van der Waals surface area contributed by atoms with E-state index in [4.69, 9.17) is 9.84 Å². The molecule has 2 saturated heterocycles. The lowest BCUT2D eigenvalue weighted by Gasteiger charge is -2.37. The largest absolute Gasteiger partial charge is 0.476 e. The van der Waals surface area contributed by atoms with Crippen molar-refractivity contribution in [1.82, 2.24) is 23.5 Å². The maximum Gasteiger partial charge on any atom is 0.356 e. The summed E-state index contributed by atoms with van der Waals surface area (Å²) >= 11 is 0. The van der Waals surface area contributed by atoms with Crippen LogP contribution in [0.25, 0.3) is 0 Å². The molecule has 2 aliphatic rings. The van der Waals surface area contributed by atoms with E-state index in [0.717, 1.165) is 12.4 Å². The maximum atomic E-state index is 12.6. The zero-order chi connectivity index (χ0) is 18.7. The summed E-state index contributed by atoms with van der Waals surface area (Å²) in [6, 6.07) is 0. The van der Waals surface area contributed by atoms with Gasteiger partial charge in [0, 0.05) is 39.3 Å². The Balaban J connectivity index is 1.60. The Labute approximate surface area is 150 Å². The van der Waals surface area contributed by atoms with Crippen LogP contribution in [0.3, 0.4) is 0 Å². The lowest BCUT2D eigenvalue weighted by molar-refractivity contribution is 0.0630. The molecule has 0 unspecified atom stereocenters.